The zero-order valence-electron chi connectivity index (χ0n) is 12.3. The molecular weight excluding hydrogens is 272 g/mol. The first kappa shape index (κ1) is 14.7. The molecule has 0 aliphatic carbocycles. The first-order chi connectivity index (χ1) is 9.52. The number of nitrogens with one attached hydrogen (secondary N) is 1. The number of carbonyl (C=O) groups is 1. The number of carbonyl (C=O) groups excluding carboxylic acids is 1. The molecule has 108 valence electrons. The molecule has 0 unspecified atom stereocenters. The van der Waals surface area contributed by atoms with Gasteiger partial charge in [0.25, 0.3) is 5.91 Å². The lowest BCUT2D eigenvalue weighted by molar-refractivity contribution is 0.102. The molecule has 0 fully saturated rings. The summed E-state index contributed by atoms with van der Waals surface area (Å²) in [6.45, 7) is 8.29. The Morgan fingerprint density at radius 2 is 2.20 bits per heavy atom. The zero-order chi connectivity index (χ0) is 14.7. The molecule has 0 saturated carbocycles. The van der Waals surface area contributed by atoms with E-state index in [9.17, 15) is 4.79 Å². The molecular formula is C14H20N4OS. The predicted molar refractivity (Wildman–Crippen MR) is 81.4 cm³/mol. The normalized spacial score (nSPS) is 12.7. The Balaban J connectivity index is 2.13. The van der Waals surface area contributed by atoms with E-state index in [0.29, 0.717) is 16.7 Å². The van der Waals surface area contributed by atoms with E-state index in [4.69, 9.17) is 0 Å². The summed E-state index contributed by atoms with van der Waals surface area (Å²) in [6, 6.07) is 2.06. The number of aromatic nitrogens is 3. The monoisotopic (exact) mass is 292 g/mol. The van der Waals surface area contributed by atoms with E-state index < -0.39 is 0 Å². The van der Waals surface area contributed by atoms with E-state index in [-0.39, 0.29) is 11.9 Å². The molecule has 0 aliphatic rings. The summed E-state index contributed by atoms with van der Waals surface area (Å²) in [5.74, 6) is 0.871. The largest absolute Gasteiger partial charge is 0.305 e. The third kappa shape index (κ3) is 3.07. The summed E-state index contributed by atoms with van der Waals surface area (Å²) in [5, 5.41) is 9.56. The molecule has 2 aromatic rings. The molecule has 1 N–H and O–H groups in total. The van der Waals surface area contributed by atoms with Crippen molar-refractivity contribution in [3.8, 4) is 0 Å². The van der Waals surface area contributed by atoms with Gasteiger partial charge in [-0.2, -0.15) is 5.10 Å². The van der Waals surface area contributed by atoms with E-state index >= 15 is 0 Å². The molecule has 0 bridgehead atoms. The van der Waals surface area contributed by atoms with Gasteiger partial charge in [-0.15, -0.1) is 11.3 Å². The Labute approximate surface area is 123 Å². The van der Waals surface area contributed by atoms with Gasteiger partial charge in [-0.3, -0.25) is 4.79 Å². The van der Waals surface area contributed by atoms with Crippen LogP contribution in [0.3, 0.4) is 0 Å². The molecule has 2 aromatic heterocycles. The predicted octanol–water partition coefficient (Wildman–Crippen LogP) is 3.69. The molecule has 0 aromatic carbocycles. The number of rotatable bonds is 5. The maximum Gasteiger partial charge on any atom is 0.285 e. The minimum absolute atomic E-state index is 0.174. The Morgan fingerprint density at radius 3 is 2.80 bits per heavy atom. The average Bonchev–Trinajstić information content (AvgIpc) is 3.06. The van der Waals surface area contributed by atoms with Crippen molar-refractivity contribution in [3.63, 3.8) is 0 Å². The number of thiazole rings is 1. The molecule has 20 heavy (non-hydrogen) atoms. The third-order valence-corrected chi connectivity index (χ3v) is 4.09. The highest BCUT2D eigenvalue weighted by Gasteiger charge is 2.16. The summed E-state index contributed by atoms with van der Waals surface area (Å²) < 4.78 is 1.83. The van der Waals surface area contributed by atoms with Gasteiger partial charge < -0.3 is 5.32 Å². The van der Waals surface area contributed by atoms with Crippen LogP contribution in [0, 0.1) is 0 Å². The molecule has 1 amide bonds. The third-order valence-electron chi connectivity index (χ3n) is 3.23. The van der Waals surface area contributed by atoms with Gasteiger partial charge in [-0.05, 0) is 19.3 Å². The molecule has 2 rings (SSSR count). The van der Waals surface area contributed by atoms with Gasteiger partial charge in [0, 0.05) is 11.4 Å². The van der Waals surface area contributed by atoms with Crippen LogP contribution in [0.1, 0.15) is 61.6 Å². The van der Waals surface area contributed by atoms with Crippen LogP contribution in [0.25, 0.3) is 0 Å². The van der Waals surface area contributed by atoms with Crippen molar-refractivity contribution >= 4 is 23.1 Å². The van der Waals surface area contributed by atoms with Crippen molar-refractivity contribution in [2.24, 2.45) is 0 Å². The Morgan fingerprint density at radius 1 is 1.45 bits per heavy atom. The van der Waals surface area contributed by atoms with Crippen LogP contribution in [0.4, 0.5) is 5.82 Å². The van der Waals surface area contributed by atoms with Crippen molar-refractivity contribution in [2.75, 3.05) is 5.32 Å². The summed E-state index contributed by atoms with van der Waals surface area (Å²) in [4.78, 5) is 16.6. The van der Waals surface area contributed by atoms with Crippen molar-refractivity contribution in [2.45, 2.75) is 46.1 Å². The van der Waals surface area contributed by atoms with Crippen molar-refractivity contribution in [3.05, 3.63) is 28.3 Å². The highest BCUT2D eigenvalue weighted by atomic mass is 32.1. The molecule has 2 heterocycles. The molecule has 0 saturated heterocycles. The summed E-state index contributed by atoms with van der Waals surface area (Å²) in [7, 11) is 0. The molecule has 5 nitrogen and oxygen atoms in total. The van der Waals surface area contributed by atoms with Crippen LogP contribution in [0.15, 0.2) is 17.6 Å². The average molecular weight is 292 g/mol. The smallest absolute Gasteiger partial charge is 0.285 e. The number of anilines is 1. The van der Waals surface area contributed by atoms with Crippen LogP contribution < -0.4 is 5.32 Å². The molecule has 0 radical (unpaired) electrons. The second-order valence-electron chi connectivity index (χ2n) is 5.10. The first-order valence-electron chi connectivity index (χ1n) is 6.83. The fraction of sp³-hybridized carbons (Fsp3) is 0.500. The Hall–Kier alpha value is -1.69. The SMILES string of the molecule is CC[C@@H](C)n1nccc1NC(=O)c1nc(C(C)C)cs1. The lowest BCUT2D eigenvalue weighted by Gasteiger charge is -2.13. The minimum atomic E-state index is -0.174. The Kier molecular flexibility index (Phi) is 4.54. The fourth-order valence-electron chi connectivity index (χ4n) is 1.76. The second-order valence-corrected chi connectivity index (χ2v) is 5.96. The standard InChI is InChI=1S/C14H20N4OS/c1-5-10(4)18-12(6-7-15-18)17-13(19)14-16-11(8-20-14)9(2)3/h6-10H,5H2,1-4H3,(H,17,19)/t10-/m1/s1. The van der Waals surface area contributed by atoms with Gasteiger partial charge >= 0.3 is 0 Å². The quantitative estimate of drug-likeness (QED) is 0.914. The van der Waals surface area contributed by atoms with Gasteiger partial charge in [-0.1, -0.05) is 20.8 Å². The van der Waals surface area contributed by atoms with E-state index in [1.165, 1.54) is 11.3 Å². The lowest BCUT2D eigenvalue weighted by Crippen LogP contribution is -2.17. The zero-order valence-corrected chi connectivity index (χ0v) is 13.1. The summed E-state index contributed by atoms with van der Waals surface area (Å²) >= 11 is 1.38. The topological polar surface area (TPSA) is 59.8 Å². The number of amides is 1. The van der Waals surface area contributed by atoms with Crippen molar-refractivity contribution in [1.29, 1.82) is 0 Å². The van der Waals surface area contributed by atoms with Crippen LogP contribution >= 0.6 is 11.3 Å². The lowest BCUT2D eigenvalue weighted by atomic mass is 10.2. The van der Waals surface area contributed by atoms with Gasteiger partial charge in [0.15, 0.2) is 5.01 Å². The highest BCUT2D eigenvalue weighted by molar-refractivity contribution is 7.11. The van der Waals surface area contributed by atoms with Crippen molar-refractivity contribution < 1.29 is 4.79 Å². The number of hydrogen-bond donors (Lipinski definition) is 1. The van der Waals surface area contributed by atoms with Crippen LogP contribution in [0.5, 0.6) is 0 Å². The summed E-state index contributed by atoms with van der Waals surface area (Å²) in [6.07, 6.45) is 2.66. The molecule has 1 atom stereocenters. The number of hydrogen-bond acceptors (Lipinski definition) is 4. The first-order valence-corrected chi connectivity index (χ1v) is 7.71. The van der Waals surface area contributed by atoms with E-state index in [2.05, 4.69) is 43.1 Å². The van der Waals surface area contributed by atoms with Gasteiger partial charge in [0.2, 0.25) is 0 Å². The molecule has 0 spiro atoms. The fourth-order valence-corrected chi connectivity index (χ4v) is 2.64. The maximum atomic E-state index is 12.2. The van der Waals surface area contributed by atoms with E-state index in [1.807, 2.05) is 10.1 Å². The second kappa shape index (κ2) is 6.17. The van der Waals surface area contributed by atoms with Crippen LogP contribution in [0.2, 0.25) is 0 Å². The van der Waals surface area contributed by atoms with Crippen molar-refractivity contribution in [1.82, 2.24) is 14.8 Å². The highest BCUT2D eigenvalue weighted by Crippen LogP contribution is 2.20. The molecule has 0 aliphatic heterocycles. The maximum absolute atomic E-state index is 12.2. The minimum Gasteiger partial charge on any atom is -0.305 e. The van der Waals surface area contributed by atoms with Gasteiger partial charge in [0.1, 0.15) is 5.82 Å². The van der Waals surface area contributed by atoms with E-state index in [0.717, 1.165) is 12.1 Å². The molecule has 6 heteroatoms. The van der Waals surface area contributed by atoms with Crippen LogP contribution in [-0.4, -0.2) is 20.7 Å². The summed E-state index contributed by atoms with van der Waals surface area (Å²) in [5.41, 5.74) is 0.954. The Bertz CT molecular complexity index is 588. The van der Waals surface area contributed by atoms with Crippen LogP contribution in [-0.2, 0) is 0 Å². The van der Waals surface area contributed by atoms with Gasteiger partial charge in [-0.25, -0.2) is 9.67 Å². The van der Waals surface area contributed by atoms with E-state index in [1.54, 1.807) is 12.3 Å². The van der Waals surface area contributed by atoms with Gasteiger partial charge in [0.05, 0.1) is 17.9 Å². The number of nitrogens with zero attached hydrogens (tertiary/aromatic N) is 3.